The zero-order valence-electron chi connectivity index (χ0n) is 12.3. The number of methoxy groups -OCH3 is 1. The first-order valence-corrected chi connectivity index (χ1v) is 7.26. The molecule has 1 aromatic rings. The molecule has 2 rings (SSSR count). The highest BCUT2D eigenvalue weighted by Crippen LogP contribution is 2.33. The van der Waals surface area contributed by atoms with E-state index in [1.54, 1.807) is 19.2 Å². The minimum atomic E-state index is -0.724. The molecule has 0 amide bonds. The van der Waals surface area contributed by atoms with E-state index in [4.69, 9.17) is 4.74 Å². The Morgan fingerprint density at radius 3 is 2.25 bits per heavy atom. The molecule has 0 spiro atoms. The first-order chi connectivity index (χ1) is 9.57. The average molecular weight is 274 g/mol. The Labute approximate surface area is 120 Å². The summed E-state index contributed by atoms with van der Waals surface area (Å²) in [7, 11) is 1.58. The Morgan fingerprint density at radius 1 is 1.10 bits per heavy atom. The van der Waals surface area contributed by atoms with Gasteiger partial charge in [-0.2, -0.15) is 0 Å². The molecule has 20 heavy (non-hydrogen) atoms. The number of ketones is 2. The van der Waals surface area contributed by atoms with E-state index in [0.717, 1.165) is 37.7 Å². The number of rotatable bonds is 5. The van der Waals surface area contributed by atoms with Crippen LogP contribution in [0.5, 0.6) is 0 Å². The number of aryl methyl sites for hydroxylation is 1. The number of carbonyl (C=O) groups is 2. The molecule has 0 aliphatic heterocycles. The molecule has 1 saturated carbocycles. The van der Waals surface area contributed by atoms with E-state index in [-0.39, 0.29) is 18.0 Å². The predicted molar refractivity (Wildman–Crippen MR) is 78.0 cm³/mol. The van der Waals surface area contributed by atoms with Crippen molar-refractivity contribution in [3.8, 4) is 0 Å². The Morgan fingerprint density at radius 2 is 1.70 bits per heavy atom. The van der Waals surface area contributed by atoms with E-state index in [2.05, 4.69) is 0 Å². The molecule has 0 bridgehead atoms. The third-order valence-corrected chi connectivity index (χ3v) is 4.25. The lowest BCUT2D eigenvalue weighted by molar-refractivity contribution is -0.144. The summed E-state index contributed by atoms with van der Waals surface area (Å²) >= 11 is 0. The van der Waals surface area contributed by atoms with Crippen molar-refractivity contribution < 1.29 is 14.3 Å². The highest BCUT2D eigenvalue weighted by atomic mass is 16.5. The molecule has 1 aliphatic carbocycles. The number of Topliss-reactive ketones (excluding diaryl/α,β-unsaturated/α-hetero) is 2. The number of benzene rings is 1. The highest BCUT2D eigenvalue weighted by Gasteiger charge is 2.39. The van der Waals surface area contributed by atoms with E-state index < -0.39 is 5.60 Å². The van der Waals surface area contributed by atoms with Crippen LogP contribution in [0.15, 0.2) is 24.3 Å². The van der Waals surface area contributed by atoms with Crippen LogP contribution in [0.2, 0.25) is 0 Å². The van der Waals surface area contributed by atoms with Crippen molar-refractivity contribution >= 4 is 11.6 Å². The first-order valence-electron chi connectivity index (χ1n) is 7.26. The summed E-state index contributed by atoms with van der Waals surface area (Å²) in [6, 6.07) is 7.35. The second kappa shape index (κ2) is 6.31. The molecule has 0 unspecified atom stereocenters. The third-order valence-electron chi connectivity index (χ3n) is 4.25. The van der Waals surface area contributed by atoms with Gasteiger partial charge in [-0.1, -0.05) is 49.1 Å². The van der Waals surface area contributed by atoms with Gasteiger partial charge < -0.3 is 4.74 Å². The fourth-order valence-corrected chi connectivity index (χ4v) is 2.87. The van der Waals surface area contributed by atoms with Crippen LogP contribution < -0.4 is 0 Å². The van der Waals surface area contributed by atoms with Crippen molar-refractivity contribution in [1.29, 1.82) is 0 Å². The molecule has 0 aromatic heterocycles. The minimum Gasteiger partial charge on any atom is -0.370 e. The van der Waals surface area contributed by atoms with Gasteiger partial charge in [-0.25, -0.2) is 0 Å². The normalized spacial score (nSPS) is 17.7. The standard InChI is InChI=1S/C17H22O3/c1-13-6-8-14(9-7-13)15(18)12-16(19)17(20-2)10-4-3-5-11-17/h6-9H,3-5,10-12H2,1-2H3. The summed E-state index contributed by atoms with van der Waals surface area (Å²) in [5, 5.41) is 0. The summed E-state index contributed by atoms with van der Waals surface area (Å²) in [6.45, 7) is 1.97. The number of carbonyl (C=O) groups excluding carboxylic acids is 2. The van der Waals surface area contributed by atoms with Gasteiger partial charge in [0.25, 0.3) is 0 Å². The molecule has 1 aliphatic rings. The average Bonchev–Trinajstić information content (AvgIpc) is 2.48. The lowest BCUT2D eigenvalue weighted by Crippen LogP contribution is -2.43. The molecule has 0 N–H and O–H groups in total. The molecule has 0 atom stereocenters. The summed E-state index contributed by atoms with van der Waals surface area (Å²) < 4.78 is 5.49. The van der Waals surface area contributed by atoms with Crippen LogP contribution in [0.3, 0.4) is 0 Å². The zero-order valence-corrected chi connectivity index (χ0v) is 12.3. The van der Waals surface area contributed by atoms with Crippen molar-refractivity contribution in [2.45, 2.75) is 51.0 Å². The van der Waals surface area contributed by atoms with Crippen LogP contribution in [0.1, 0.15) is 54.4 Å². The van der Waals surface area contributed by atoms with E-state index in [1.807, 2.05) is 19.1 Å². The van der Waals surface area contributed by atoms with Gasteiger partial charge in [0.15, 0.2) is 11.6 Å². The largest absolute Gasteiger partial charge is 0.370 e. The van der Waals surface area contributed by atoms with Gasteiger partial charge in [-0.15, -0.1) is 0 Å². The van der Waals surface area contributed by atoms with Gasteiger partial charge in [0, 0.05) is 12.7 Å². The maximum absolute atomic E-state index is 12.5. The number of hydrogen-bond acceptors (Lipinski definition) is 3. The number of hydrogen-bond donors (Lipinski definition) is 0. The van der Waals surface area contributed by atoms with Gasteiger partial charge in [-0.3, -0.25) is 9.59 Å². The molecule has 0 saturated heterocycles. The van der Waals surface area contributed by atoms with E-state index in [9.17, 15) is 9.59 Å². The highest BCUT2D eigenvalue weighted by molar-refractivity contribution is 6.10. The van der Waals surface area contributed by atoms with E-state index >= 15 is 0 Å². The molecule has 3 nitrogen and oxygen atoms in total. The molecular formula is C17H22O3. The quantitative estimate of drug-likeness (QED) is 0.610. The predicted octanol–water partition coefficient (Wildman–Crippen LogP) is 3.49. The third kappa shape index (κ3) is 3.15. The maximum Gasteiger partial charge on any atom is 0.172 e. The van der Waals surface area contributed by atoms with Gasteiger partial charge >= 0.3 is 0 Å². The second-order valence-corrected chi connectivity index (χ2v) is 5.65. The van der Waals surface area contributed by atoms with Gasteiger partial charge in [0.1, 0.15) is 5.60 Å². The molecular weight excluding hydrogens is 252 g/mol. The lowest BCUT2D eigenvalue weighted by Gasteiger charge is -2.34. The fraction of sp³-hybridized carbons (Fsp3) is 0.529. The second-order valence-electron chi connectivity index (χ2n) is 5.65. The molecule has 0 radical (unpaired) electrons. The monoisotopic (exact) mass is 274 g/mol. The van der Waals surface area contributed by atoms with Gasteiger partial charge in [0.05, 0.1) is 6.42 Å². The van der Waals surface area contributed by atoms with Gasteiger partial charge in [-0.05, 0) is 19.8 Å². The van der Waals surface area contributed by atoms with E-state index in [1.165, 1.54) is 0 Å². The SMILES string of the molecule is COC1(C(=O)CC(=O)c2ccc(C)cc2)CCCCC1. The van der Waals surface area contributed by atoms with Crippen molar-refractivity contribution in [3.63, 3.8) is 0 Å². The van der Waals surface area contributed by atoms with Crippen molar-refractivity contribution in [3.05, 3.63) is 35.4 Å². The topological polar surface area (TPSA) is 43.4 Å². The van der Waals surface area contributed by atoms with Crippen LogP contribution in [-0.4, -0.2) is 24.3 Å². The van der Waals surface area contributed by atoms with E-state index in [0.29, 0.717) is 5.56 Å². The van der Waals surface area contributed by atoms with Crippen LogP contribution >= 0.6 is 0 Å². The first kappa shape index (κ1) is 14.9. The Hall–Kier alpha value is -1.48. The maximum atomic E-state index is 12.5. The molecule has 1 fully saturated rings. The minimum absolute atomic E-state index is 0.0586. The smallest absolute Gasteiger partial charge is 0.172 e. The summed E-state index contributed by atoms with van der Waals surface area (Å²) in [4.78, 5) is 24.6. The fourth-order valence-electron chi connectivity index (χ4n) is 2.87. The van der Waals surface area contributed by atoms with Crippen LogP contribution in [-0.2, 0) is 9.53 Å². The molecule has 3 heteroatoms. The Kier molecular flexibility index (Phi) is 4.71. The summed E-state index contributed by atoms with van der Waals surface area (Å²) in [6.07, 6.45) is 4.56. The van der Waals surface area contributed by atoms with Crippen LogP contribution in [0.25, 0.3) is 0 Å². The zero-order chi connectivity index (χ0) is 14.6. The van der Waals surface area contributed by atoms with Crippen molar-refractivity contribution in [1.82, 2.24) is 0 Å². The van der Waals surface area contributed by atoms with Crippen molar-refractivity contribution in [2.75, 3.05) is 7.11 Å². The summed E-state index contributed by atoms with van der Waals surface area (Å²) in [5.74, 6) is -0.178. The summed E-state index contributed by atoms with van der Waals surface area (Å²) in [5.41, 5.74) is 0.984. The number of ether oxygens (including phenoxy) is 1. The lowest BCUT2D eigenvalue weighted by atomic mass is 9.79. The van der Waals surface area contributed by atoms with Gasteiger partial charge in [0.2, 0.25) is 0 Å². The Balaban J connectivity index is 2.06. The van der Waals surface area contributed by atoms with Crippen LogP contribution in [0, 0.1) is 6.92 Å². The van der Waals surface area contributed by atoms with Crippen LogP contribution in [0.4, 0.5) is 0 Å². The molecule has 0 heterocycles. The molecule has 108 valence electrons. The van der Waals surface area contributed by atoms with Crippen molar-refractivity contribution in [2.24, 2.45) is 0 Å². The molecule has 1 aromatic carbocycles. The Bertz CT molecular complexity index is 481.